The number of rotatable bonds is 4. The molecule has 2 aromatic rings. The Labute approximate surface area is 210 Å². The van der Waals surface area contributed by atoms with Gasteiger partial charge in [-0.1, -0.05) is 32.4 Å². The van der Waals surface area contributed by atoms with E-state index in [-0.39, 0.29) is 23.8 Å². The average molecular weight is 507 g/mol. The lowest BCUT2D eigenvalue weighted by molar-refractivity contribution is -0.154. The molecule has 4 aliphatic carbocycles. The normalized spacial score (nSPS) is 32.2. The minimum atomic E-state index is -4.49. The number of hydrogen-bond acceptors (Lipinski definition) is 2. The number of alkyl halides is 3. The summed E-state index contributed by atoms with van der Waals surface area (Å²) in [6.07, 6.45) is 1.82. The van der Waals surface area contributed by atoms with Crippen LogP contribution in [0.25, 0.3) is 10.9 Å². The largest absolute Gasteiger partial charge is 0.433 e. The van der Waals surface area contributed by atoms with Crippen LogP contribution in [-0.2, 0) is 17.4 Å². The molecule has 4 atom stereocenters. The van der Waals surface area contributed by atoms with Crippen LogP contribution in [0.1, 0.15) is 70.6 Å². The van der Waals surface area contributed by atoms with Crippen LogP contribution in [0.15, 0.2) is 24.3 Å². The van der Waals surface area contributed by atoms with Gasteiger partial charge in [-0.25, -0.2) is 4.98 Å². The molecule has 6 rings (SSSR count). The molecule has 1 heterocycles. The summed E-state index contributed by atoms with van der Waals surface area (Å²) in [5.74, 6) is 2.30. The Morgan fingerprint density at radius 2 is 1.86 bits per heavy atom. The number of aromatic nitrogens is 1. The number of amides is 1. The van der Waals surface area contributed by atoms with Gasteiger partial charge in [0.1, 0.15) is 5.69 Å². The molecule has 0 aliphatic heterocycles. The Kier molecular flexibility index (Phi) is 6.34. The van der Waals surface area contributed by atoms with Gasteiger partial charge in [-0.2, -0.15) is 13.2 Å². The summed E-state index contributed by atoms with van der Waals surface area (Å²) in [5.41, 5.74) is 0.478. The summed E-state index contributed by atoms with van der Waals surface area (Å²) < 4.78 is 40.3. The highest BCUT2D eigenvalue weighted by atomic mass is 35.5. The SMILES string of the molecule is CC1C(C(=O)NC2CCC(Cc3cc(C(F)(F)F)nc4ccc(Cl)cc34)CC2)CC2CC1C2(C)C. The van der Waals surface area contributed by atoms with Crippen LogP contribution in [0.4, 0.5) is 13.2 Å². The third-order valence-electron chi connectivity index (χ3n) is 9.54. The van der Waals surface area contributed by atoms with E-state index in [4.69, 9.17) is 11.6 Å². The molecule has 1 aromatic carbocycles. The van der Waals surface area contributed by atoms with E-state index in [0.29, 0.717) is 51.1 Å². The Morgan fingerprint density at radius 1 is 1.14 bits per heavy atom. The van der Waals surface area contributed by atoms with Crippen molar-refractivity contribution in [2.45, 2.75) is 77.9 Å². The summed E-state index contributed by atoms with van der Waals surface area (Å²) in [4.78, 5) is 16.9. The summed E-state index contributed by atoms with van der Waals surface area (Å²) in [5, 5.41) is 4.50. The Bertz CT molecular complexity index is 1120. The fraction of sp³-hybridized carbons (Fsp3) is 0.643. The first-order chi connectivity index (χ1) is 16.4. The molecule has 1 aromatic heterocycles. The summed E-state index contributed by atoms with van der Waals surface area (Å²) in [7, 11) is 0. The first-order valence-corrected chi connectivity index (χ1v) is 13.3. The lowest BCUT2D eigenvalue weighted by Crippen LogP contribution is -2.58. The van der Waals surface area contributed by atoms with E-state index in [1.54, 1.807) is 18.2 Å². The molecule has 0 saturated heterocycles. The van der Waals surface area contributed by atoms with Crippen molar-refractivity contribution in [3.63, 3.8) is 0 Å². The van der Waals surface area contributed by atoms with Gasteiger partial charge in [0.2, 0.25) is 5.91 Å². The molecule has 1 amide bonds. The first-order valence-electron chi connectivity index (χ1n) is 12.9. The second-order valence-electron chi connectivity index (χ2n) is 11.8. The van der Waals surface area contributed by atoms with Crippen LogP contribution in [0.3, 0.4) is 0 Å². The zero-order chi connectivity index (χ0) is 25.1. The quantitative estimate of drug-likeness (QED) is 0.468. The smallest absolute Gasteiger partial charge is 0.353 e. The van der Waals surface area contributed by atoms with Gasteiger partial charge in [0.15, 0.2) is 0 Å². The molecule has 2 bridgehead atoms. The molecule has 0 radical (unpaired) electrons. The molecule has 4 saturated carbocycles. The third-order valence-corrected chi connectivity index (χ3v) is 9.77. The highest BCUT2D eigenvalue weighted by Crippen LogP contribution is 2.63. The predicted octanol–water partition coefficient (Wildman–Crippen LogP) is 7.44. The maximum absolute atomic E-state index is 13.4. The van der Waals surface area contributed by atoms with E-state index in [2.05, 4.69) is 31.1 Å². The van der Waals surface area contributed by atoms with E-state index < -0.39 is 11.9 Å². The van der Waals surface area contributed by atoms with Crippen molar-refractivity contribution in [1.29, 1.82) is 0 Å². The number of benzene rings is 1. The number of nitrogens with zero attached hydrogens (tertiary/aromatic N) is 1. The second kappa shape index (κ2) is 8.93. The maximum atomic E-state index is 13.4. The van der Waals surface area contributed by atoms with Crippen LogP contribution >= 0.6 is 11.6 Å². The van der Waals surface area contributed by atoms with Crippen molar-refractivity contribution in [3.05, 3.63) is 40.5 Å². The summed E-state index contributed by atoms with van der Waals surface area (Å²) in [6.45, 7) is 6.92. The molecular formula is C28H34ClF3N2O. The molecule has 4 fully saturated rings. The molecule has 190 valence electrons. The molecule has 1 N–H and O–H groups in total. The van der Waals surface area contributed by atoms with Crippen molar-refractivity contribution in [2.75, 3.05) is 0 Å². The van der Waals surface area contributed by atoms with Crippen molar-refractivity contribution >= 4 is 28.4 Å². The highest BCUT2D eigenvalue weighted by molar-refractivity contribution is 6.31. The zero-order valence-corrected chi connectivity index (χ0v) is 21.3. The average Bonchev–Trinajstić information content (AvgIpc) is 2.79. The standard InChI is InChI=1S/C28H34ClF3N2O/c1-15-21(12-18-13-23(15)27(18,2)3)26(35)33-20-7-4-16(5-8-20)10-17-11-25(28(30,31)32)34-24-9-6-19(29)14-22(17)24/h6,9,11,14-16,18,20-21,23H,4-5,7-8,10,12-13H2,1-3H3,(H,33,35). The van der Waals surface area contributed by atoms with Gasteiger partial charge < -0.3 is 5.32 Å². The van der Waals surface area contributed by atoms with E-state index in [1.165, 1.54) is 12.5 Å². The predicted molar refractivity (Wildman–Crippen MR) is 132 cm³/mol. The molecule has 4 aliphatic rings. The van der Waals surface area contributed by atoms with Crippen molar-refractivity contribution in [3.8, 4) is 0 Å². The molecule has 4 unspecified atom stereocenters. The highest BCUT2D eigenvalue weighted by Gasteiger charge is 2.57. The van der Waals surface area contributed by atoms with Gasteiger partial charge in [0, 0.05) is 22.4 Å². The van der Waals surface area contributed by atoms with Crippen molar-refractivity contribution in [1.82, 2.24) is 10.3 Å². The number of pyridine rings is 1. The topological polar surface area (TPSA) is 42.0 Å². The lowest BCUT2D eigenvalue weighted by Gasteiger charge is -2.61. The van der Waals surface area contributed by atoms with E-state index in [0.717, 1.165) is 32.1 Å². The van der Waals surface area contributed by atoms with Gasteiger partial charge >= 0.3 is 6.18 Å². The number of fused-ring (bicyclic) bond motifs is 3. The number of hydrogen-bond donors (Lipinski definition) is 1. The van der Waals surface area contributed by atoms with Gasteiger partial charge in [0.05, 0.1) is 5.52 Å². The van der Waals surface area contributed by atoms with Crippen LogP contribution in [0.5, 0.6) is 0 Å². The zero-order valence-electron chi connectivity index (χ0n) is 20.6. The maximum Gasteiger partial charge on any atom is 0.433 e. The summed E-state index contributed by atoms with van der Waals surface area (Å²) >= 11 is 6.14. The van der Waals surface area contributed by atoms with Gasteiger partial charge in [-0.05, 0) is 104 Å². The van der Waals surface area contributed by atoms with Gasteiger partial charge in [-0.15, -0.1) is 0 Å². The Hall–Kier alpha value is -1.82. The second-order valence-corrected chi connectivity index (χ2v) is 12.3. The van der Waals surface area contributed by atoms with Gasteiger partial charge in [-0.3, -0.25) is 4.79 Å². The van der Waals surface area contributed by atoms with E-state index in [9.17, 15) is 18.0 Å². The fourth-order valence-electron chi connectivity index (χ4n) is 7.21. The molecule has 7 heteroatoms. The molecule has 0 spiro atoms. The van der Waals surface area contributed by atoms with Crippen LogP contribution < -0.4 is 5.32 Å². The number of nitrogens with one attached hydrogen (secondary N) is 1. The van der Waals surface area contributed by atoms with Crippen LogP contribution in [0, 0.1) is 35.0 Å². The fourth-order valence-corrected chi connectivity index (χ4v) is 7.38. The molecule has 3 nitrogen and oxygen atoms in total. The third kappa shape index (κ3) is 4.68. The lowest BCUT2D eigenvalue weighted by atomic mass is 9.43. The van der Waals surface area contributed by atoms with Crippen LogP contribution in [-0.4, -0.2) is 16.9 Å². The monoisotopic (exact) mass is 506 g/mol. The van der Waals surface area contributed by atoms with Crippen molar-refractivity contribution < 1.29 is 18.0 Å². The number of carbonyl (C=O) groups excluding carboxylic acids is 1. The first kappa shape index (κ1) is 24.9. The number of halogens is 4. The summed E-state index contributed by atoms with van der Waals surface area (Å²) in [6, 6.07) is 6.19. The number of carbonyl (C=O) groups is 1. The van der Waals surface area contributed by atoms with E-state index in [1.807, 2.05) is 0 Å². The molecule has 35 heavy (non-hydrogen) atoms. The van der Waals surface area contributed by atoms with Crippen molar-refractivity contribution in [2.24, 2.45) is 35.0 Å². The van der Waals surface area contributed by atoms with Gasteiger partial charge in [0.25, 0.3) is 0 Å². The Morgan fingerprint density at radius 3 is 2.49 bits per heavy atom. The van der Waals surface area contributed by atoms with E-state index >= 15 is 0 Å². The van der Waals surface area contributed by atoms with Crippen LogP contribution in [0.2, 0.25) is 5.02 Å². The molecular weight excluding hydrogens is 473 g/mol. The minimum Gasteiger partial charge on any atom is -0.353 e. The Balaban J connectivity index is 1.21. The minimum absolute atomic E-state index is 0.109.